The topological polar surface area (TPSA) is 45.2 Å². The fraction of sp³-hybridized carbons (Fsp3) is 0.250. The van der Waals surface area contributed by atoms with Gasteiger partial charge >= 0.3 is 0 Å². The Balaban J connectivity index is 1.82. The number of fused-ring (bicyclic) bond motifs is 1. The zero-order valence-corrected chi connectivity index (χ0v) is 12.5. The van der Waals surface area contributed by atoms with Gasteiger partial charge in [0.2, 0.25) is 5.91 Å². The summed E-state index contributed by atoms with van der Waals surface area (Å²) >= 11 is 6.04. The molecule has 0 bridgehead atoms. The summed E-state index contributed by atoms with van der Waals surface area (Å²) in [5.41, 5.74) is 2.93. The lowest BCUT2D eigenvalue weighted by Crippen LogP contribution is -2.26. The van der Waals surface area contributed by atoms with Crippen molar-refractivity contribution in [2.24, 2.45) is 0 Å². The first kappa shape index (κ1) is 13.9. The molecular formula is C16H16ClN3O. The van der Waals surface area contributed by atoms with Crippen LogP contribution in [-0.4, -0.2) is 17.4 Å². The SMILES string of the molecule is CCNc1ccc(CN2C(=O)Cc3ccc(Cl)cc32)cn1. The minimum absolute atomic E-state index is 0.100. The minimum atomic E-state index is 0.100. The van der Waals surface area contributed by atoms with Crippen LogP contribution >= 0.6 is 11.6 Å². The molecule has 0 spiro atoms. The van der Waals surface area contributed by atoms with Crippen molar-refractivity contribution in [1.29, 1.82) is 0 Å². The van der Waals surface area contributed by atoms with Crippen molar-refractivity contribution in [3.8, 4) is 0 Å². The number of pyridine rings is 1. The van der Waals surface area contributed by atoms with Gasteiger partial charge in [0.15, 0.2) is 0 Å². The maximum atomic E-state index is 12.2. The van der Waals surface area contributed by atoms with Gasteiger partial charge in [0.25, 0.3) is 0 Å². The average Bonchev–Trinajstić information content (AvgIpc) is 2.77. The number of rotatable bonds is 4. The third-order valence-electron chi connectivity index (χ3n) is 3.50. The van der Waals surface area contributed by atoms with Gasteiger partial charge in [-0.25, -0.2) is 4.98 Å². The van der Waals surface area contributed by atoms with Crippen molar-refractivity contribution >= 4 is 29.0 Å². The monoisotopic (exact) mass is 301 g/mol. The molecular weight excluding hydrogens is 286 g/mol. The molecule has 1 aromatic carbocycles. The van der Waals surface area contributed by atoms with Crippen molar-refractivity contribution in [3.63, 3.8) is 0 Å². The van der Waals surface area contributed by atoms with Crippen molar-refractivity contribution in [1.82, 2.24) is 4.98 Å². The van der Waals surface area contributed by atoms with Gasteiger partial charge in [-0.15, -0.1) is 0 Å². The first-order valence-corrected chi connectivity index (χ1v) is 7.33. The molecule has 1 aliphatic heterocycles. The summed E-state index contributed by atoms with van der Waals surface area (Å²) < 4.78 is 0. The van der Waals surface area contributed by atoms with Crippen LogP contribution in [0.1, 0.15) is 18.1 Å². The van der Waals surface area contributed by atoms with E-state index in [9.17, 15) is 4.79 Å². The number of amides is 1. The normalized spacial score (nSPS) is 13.4. The first-order chi connectivity index (χ1) is 10.2. The summed E-state index contributed by atoms with van der Waals surface area (Å²) in [4.78, 5) is 18.3. The molecule has 108 valence electrons. The molecule has 1 amide bonds. The molecule has 0 unspecified atom stereocenters. The Hall–Kier alpha value is -2.07. The van der Waals surface area contributed by atoms with E-state index in [1.165, 1.54) is 0 Å². The van der Waals surface area contributed by atoms with Gasteiger partial charge in [-0.1, -0.05) is 23.7 Å². The van der Waals surface area contributed by atoms with Crippen LogP contribution in [0.25, 0.3) is 0 Å². The van der Waals surface area contributed by atoms with E-state index in [-0.39, 0.29) is 5.91 Å². The molecule has 0 aliphatic carbocycles. The molecule has 21 heavy (non-hydrogen) atoms. The third kappa shape index (κ3) is 2.85. The molecule has 1 aliphatic rings. The third-order valence-corrected chi connectivity index (χ3v) is 3.74. The van der Waals surface area contributed by atoms with Gasteiger partial charge in [0, 0.05) is 23.5 Å². The highest BCUT2D eigenvalue weighted by Gasteiger charge is 2.27. The van der Waals surface area contributed by atoms with E-state index >= 15 is 0 Å². The van der Waals surface area contributed by atoms with Gasteiger partial charge in [-0.05, 0) is 36.2 Å². The van der Waals surface area contributed by atoms with Crippen molar-refractivity contribution in [2.75, 3.05) is 16.8 Å². The van der Waals surface area contributed by atoms with Crippen LogP contribution in [0.3, 0.4) is 0 Å². The van der Waals surface area contributed by atoms with Crippen LogP contribution in [-0.2, 0) is 17.8 Å². The summed E-state index contributed by atoms with van der Waals surface area (Å²) in [6.45, 7) is 3.38. The van der Waals surface area contributed by atoms with Gasteiger partial charge in [0.05, 0.1) is 13.0 Å². The standard InChI is InChI=1S/C16H16ClN3O/c1-2-18-15-6-3-11(9-19-15)10-20-14-8-13(17)5-4-12(14)7-16(20)21/h3-6,8-9H,2,7,10H2,1H3,(H,18,19). The molecule has 4 nitrogen and oxygen atoms in total. The van der Waals surface area contributed by atoms with Gasteiger partial charge < -0.3 is 10.2 Å². The highest BCUT2D eigenvalue weighted by molar-refractivity contribution is 6.31. The number of nitrogens with zero attached hydrogens (tertiary/aromatic N) is 2. The Morgan fingerprint density at radius 1 is 1.33 bits per heavy atom. The number of hydrogen-bond donors (Lipinski definition) is 1. The quantitative estimate of drug-likeness (QED) is 0.943. The van der Waals surface area contributed by atoms with E-state index < -0.39 is 0 Å². The largest absolute Gasteiger partial charge is 0.370 e. The lowest BCUT2D eigenvalue weighted by molar-refractivity contribution is -0.117. The Labute approximate surface area is 128 Å². The van der Waals surface area contributed by atoms with Crippen LogP contribution in [0.2, 0.25) is 5.02 Å². The number of benzene rings is 1. The molecule has 1 aromatic heterocycles. The zero-order valence-electron chi connectivity index (χ0n) is 11.8. The fourth-order valence-corrected chi connectivity index (χ4v) is 2.66. The van der Waals surface area contributed by atoms with Crippen LogP contribution in [0.15, 0.2) is 36.5 Å². The number of anilines is 2. The fourth-order valence-electron chi connectivity index (χ4n) is 2.49. The van der Waals surface area contributed by atoms with E-state index in [0.717, 1.165) is 29.2 Å². The Morgan fingerprint density at radius 2 is 2.19 bits per heavy atom. The molecule has 1 N–H and O–H groups in total. The molecule has 0 radical (unpaired) electrons. The van der Waals surface area contributed by atoms with E-state index in [2.05, 4.69) is 10.3 Å². The second-order valence-corrected chi connectivity index (χ2v) is 5.45. The molecule has 2 aromatic rings. The summed E-state index contributed by atoms with van der Waals surface area (Å²) in [7, 11) is 0. The molecule has 2 heterocycles. The Morgan fingerprint density at radius 3 is 2.90 bits per heavy atom. The number of hydrogen-bond acceptors (Lipinski definition) is 3. The van der Waals surface area contributed by atoms with E-state index in [0.29, 0.717) is 18.0 Å². The summed E-state index contributed by atoms with van der Waals surface area (Å²) in [6, 6.07) is 9.51. The van der Waals surface area contributed by atoms with Crippen molar-refractivity contribution < 1.29 is 4.79 Å². The van der Waals surface area contributed by atoms with Crippen LogP contribution < -0.4 is 10.2 Å². The summed E-state index contributed by atoms with van der Waals surface area (Å²) in [5, 5.41) is 3.80. The lowest BCUT2D eigenvalue weighted by atomic mass is 10.2. The molecule has 0 atom stereocenters. The summed E-state index contributed by atoms with van der Waals surface area (Å²) in [6.07, 6.45) is 2.24. The van der Waals surface area contributed by atoms with Crippen LogP contribution in [0, 0.1) is 0 Å². The molecule has 0 fully saturated rings. The smallest absolute Gasteiger partial charge is 0.231 e. The number of aromatic nitrogens is 1. The summed E-state index contributed by atoms with van der Waals surface area (Å²) in [5.74, 6) is 0.945. The second kappa shape index (κ2) is 5.74. The molecule has 5 heteroatoms. The molecule has 0 saturated carbocycles. The van der Waals surface area contributed by atoms with Crippen molar-refractivity contribution in [3.05, 3.63) is 52.7 Å². The van der Waals surface area contributed by atoms with E-state index in [4.69, 9.17) is 11.6 Å². The lowest BCUT2D eigenvalue weighted by Gasteiger charge is -2.17. The minimum Gasteiger partial charge on any atom is -0.370 e. The van der Waals surface area contributed by atoms with Gasteiger partial charge in [-0.2, -0.15) is 0 Å². The highest BCUT2D eigenvalue weighted by atomic mass is 35.5. The number of carbonyl (C=O) groups excluding carboxylic acids is 1. The van der Waals surface area contributed by atoms with Gasteiger partial charge in [-0.3, -0.25) is 4.79 Å². The number of halogens is 1. The number of nitrogens with one attached hydrogen (secondary N) is 1. The maximum absolute atomic E-state index is 12.2. The van der Waals surface area contributed by atoms with Crippen LogP contribution in [0.4, 0.5) is 11.5 Å². The second-order valence-electron chi connectivity index (χ2n) is 5.01. The zero-order chi connectivity index (χ0) is 14.8. The molecule has 0 saturated heterocycles. The van der Waals surface area contributed by atoms with E-state index in [1.807, 2.05) is 37.3 Å². The van der Waals surface area contributed by atoms with Gasteiger partial charge in [0.1, 0.15) is 5.82 Å². The average molecular weight is 302 g/mol. The molecule has 3 rings (SSSR count). The Kier molecular flexibility index (Phi) is 3.80. The van der Waals surface area contributed by atoms with E-state index in [1.54, 1.807) is 11.1 Å². The first-order valence-electron chi connectivity index (χ1n) is 6.95. The highest BCUT2D eigenvalue weighted by Crippen LogP contribution is 2.32. The predicted octanol–water partition coefficient (Wildman–Crippen LogP) is 3.26. The van der Waals surface area contributed by atoms with Crippen molar-refractivity contribution in [2.45, 2.75) is 19.9 Å². The maximum Gasteiger partial charge on any atom is 0.231 e. The van der Waals surface area contributed by atoms with Crippen LogP contribution in [0.5, 0.6) is 0 Å². The predicted molar refractivity (Wildman–Crippen MR) is 84.7 cm³/mol. The number of carbonyl (C=O) groups is 1. The Bertz CT molecular complexity index is 670.